The maximum atomic E-state index is 14.6. The second-order valence-corrected chi connectivity index (χ2v) is 12.9. The fourth-order valence-corrected chi connectivity index (χ4v) is 7.69. The Labute approximate surface area is 259 Å². The molecule has 0 bridgehead atoms. The SMILES string of the molecule is CN[C@H]1CC[C@@H](N(Cc2cc(-c3ccc(N(C)C(C)=O)cc3)ccc2OC)C(=O)c2sc3c(C)ccc(C)c3c2C)CC1. The Bertz CT molecular complexity index is 1630. The van der Waals surface area contributed by atoms with Crippen LogP contribution in [0.15, 0.2) is 54.6 Å². The Kier molecular flexibility index (Phi) is 9.23. The molecule has 1 aromatic heterocycles. The van der Waals surface area contributed by atoms with E-state index in [-0.39, 0.29) is 17.9 Å². The van der Waals surface area contributed by atoms with Crippen molar-refractivity contribution >= 4 is 38.9 Å². The van der Waals surface area contributed by atoms with Crippen molar-refractivity contribution in [2.45, 2.75) is 72.0 Å². The van der Waals surface area contributed by atoms with Gasteiger partial charge in [-0.05, 0) is 111 Å². The number of carbonyl (C=O) groups excluding carboxylic acids is 2. The van der Waals surface area contributed by atoms with Gasteiger partial charge in [0.2, 0.25) is 5.91 Å². The Hall–Kier alpha value is -3.68. The molecule has 1 aliphatic carbocycles. The summed E-state index contributed by atoms with van der Waals surface area (Å²) in [5, 5.41) is 4.64. The van der Waals surface area contributed by atoms with Gasteiger partial charge in [0.15, 0.2) is 0 Å². The van der Waals surface area contributed by atoms with Crippen LogP contribution in [0, 0.1) is 20.8 Å². The lowest BCUT2D eigenvalue weighted by atomic mass is 9.89. The van der Waals surface area contributed by atoms with Crippen LogP contribution in [-0.2, 0) is 11.3 Å². The first-order valence-electron chi connectivity index (χ1n) is 15.1. The number of carbonyl (C=O) groups is 2. The monoisotopic (exact) mass is 597 g/mol. The fraction of sp³-hybridized carbons (Fsp3) is 0.389. The van der Waals surface area contributed by atoms with Gasteiger partial charge >= 0.3 is 0 Å². The molecule has 1 heterocycles. The Morgan fingerprint density at radius 1 is 0.930 bits per heavy atom. The molecule has 1 N–H and O–H groups in total. The molecule has 1 aliphatic rings. The average Bonchev–Trinajstić information content (AvgIpc) is 3.39. The lowest BCUT2D eigenvalue weighted by molar-refractivity contribution is -0.116. The summed E-state index contributed by atoms with van der Waals surface area (Å²) < 4.78 is 7.04. The summed E-state index contributed by atoms with van der Waals surface area (Å²) in [7, 11) is 5.50. The normalized spacial score (nSPS) is 16.7. The van der Waals surface area contributed by atoms with Crippen LogP contribution in [-0.4, -0.2) is 50.0 Å². The number of thiophene rings is 1. The molecule has 43 heavy (non-hydrogen) atoms. The van der Waals surface area contributed by atoms with E-state index in [9.17, 15) is 9.59 Å². The number of hydrogen-bond donors (Lipinski definition) is 1. The third kappa shape index (κ3) is 6.20. The van der Waals surface area contributed by atoms with Crippen molar-refractivity contribution in [3.8, 4) is 16.9 Å². The van der Waals surface area contributed by atoms with Crippen LogP contribution in [0.3, 0.4) is 0 Å². The number of hydrogen-bond acceptors (Lipinski definition) is 5. The molecule has 0 atom stereocenters. The van der Waals surface area contributed by atoms with Crippen LogP contribution in [0.1, 0.15) is 64.5 Å². The summed E-state index contributed by atoms with van der Waals surface area (Å²) in [5.74, 6) is 0.875. The van der Waals surface area contributed by atoms with Gasteiger partial charge in [0.05, 0.1) is 12.0 Å². The van der Waals surface area contributed by atoms with Gasteiger partial charge in [-0.3, -0.25) is 9.59 Å². The Balaban J connectivity index is 1.53. The average molecular weight is 598 g/mol. The first-order valence-corrected chi connectivity index (χ1v) is 15.9. The van der Waals surface area contributed by atoms with E-state index in [4.69, 9.17) is 4.74 Å². The number of fused-ring (bicyclic) bond motifs is 1. The van der Waals surface area contributed by atoms with Crippen molar-refractivity contribution in [1.29, 1.82) is 0 Å². The van der Waals surface area contributed by atoms with Crippen molar-refractivity contribution in [3.63, 3.8) is 0 Å². The summed E-state index contributed by atoms with van der Waals surface area (Å²) >= 11 is 1.63. The summed E-state index contributed by atoms with van der Waals surface area (Å²) in [5.41, 5.74) is 7.43. The molecule has 1 saturated carbocycles. The number of nitrogens with zero attached hydrogens (tertiary/aromatic N) is 2. The highest BCUT2D eigenvalue weighted by Gasteiger charge is 2.32. The van der Waals surface area contributed by atoms with E-state index < -0.39 is 0 Å². The standard InChI is InChI=1S/C36H43N3O3S/c1-22-8-9-23(2)34-33(22)24(3)35(43-34)36(41)39(31-17-13-29(37-5)14-18-31)21-28-20-27(12-19-32(28)42-7)26-10-15-30(16-11-26)38(6)25(4)40/h8-12,15-16,19-20,29,31,37H,13-14,17-18,21H2,1-7H3/t29-,31+. The van der Waals surface area contributed by atoms with Crippen molar-refractivity contribution in [1.82, 2.24) is 10.2 Å². The predicted molar refractivity (Wildman–Crippen MR) is 179 cm³/mol. The van der Waals surface area contributed by atoms with Crippen LogP contribution in [0.5, 0.6) is 5.75 Å². The van der Waals surface area contributed by atoms with E-state index in [1.807, 2.05) is 37.4 Å². The zero-order valence-electron chi connectivity index (χ0n) is 26.4. The number of amides is 2. The second-order valence-electron chi connectivity index (χ2n) is 11.8. The molecule has 0 aliphatic heterocycles. The Morgan fingerprint density at radius 3 is 2.19 bits per heavy atom. The van der Waals surface area contributed by atoms with Gasteiger partial charge in [0, 0.05) is 48.6 Å². The minimum absolute atomic E-state index is 0.00723. The molecule has 0 saturated heterocycles. The van der Waals surface area contributed by atoms with Gasteiger partial charge in [0.25, 0.3) is 5.91 Å². The molecule has 0 radical (unpaired) electrons. The highest BCUT2D eigenvalue weighted by atomic mass is 32.1. The minimum Gasteiger partial charge on any atom is -0.496 e. The minimum atomic E-state index is -0.00723. The van der Waals surface area contributed by atoms with Gasteiger partial charge in [-0.2, -0.15) is 0 Å². The molecule has 5 rings (SSSR count). The van der Waals surface area contributed by atoms with Crippen molar-refractivity contribution < 1.29 is 14.3 Å². The van der Waals surface area contributed by atoms with E-state index >= 15 is 0 Å². The van der Waals surface area contributed by atoms with Crippen LogP contribution < -0.4 is 15.0 Å². The highest BCUT2D eigenvalue weighted by Crippen LogP contribution is 2.38. The summed E-state index contributed by atoms with van der Waals surface area (Å²) in [6, 6.07) is 19.1. The number of aryl methyl sites for hydroxylation is 3. The topological polar surface area (TPSA) is 61.9 Å². The van der Waals surface area contributed by atoms with Gasteiger partial charge < -0.3 is 19.9 Å². The molecule has 3 aromatic carbocycles. The van der Waals surface area contributed by atoms with Gasteiger partial charge in [0.1, 0.15) is 5.75 Å². The van der Waals surface area contributed by atoms with Crippen molar-refractivity contribution in [2.75, 3.05) is 26.1 Å². The molecule has 1 fully saturated rings. The quantitative estimate of drug-likeness (QED) is 0.227. The first-order chi connectivity index (χ1) is 20.6. The number of ether oxygens (including phenoxy) is 1. The van der Waals surface area contributed by atoms with Crippen LogP contribution in [0.2, 0.25) is 0 Å². The maximum absolute atomic E-state index is 14.6. The first kappa shape index (κ1) is 30.8. The van der Waals surface area contributed by atoms with E-state index in [2.05, 4.69) is 55.3 Å². The lowest BCUT2D eigenvalue weighted by Gasteiger charge is -2.37. The molecule has 0 spiro atoms. The van der Waals surface area contributed by atoms with Crippen LogP contribution in [0.4, 0.5) is 5.69 Å². The summed E-state index contributed by atoms with van der Waals surface area (Å²) in [4.78, 5) is 31.0. The summed E-state index contributed by atoms with van der Waals surface area (Å²) in [6.45, 7) is 8.40. The molecular weight excluding hydrogens is 554 g/mol. The number of rotatable bonds is 8. The van der Waals surface area contributed by atoms with Crippen LogP contribution in [0.25, 0.3) is 21.2 Å². The molecule has 226 valence electrons. The fourth-order valence-electron chi connectivity index (χ4n) is 6.38. The van der Waals surface area contributed by atoms with Crippen LogP contribution >= 0.6 is 11.3 Å². The van der Waals surface area contributed by atoms with E-state index in [1.54, 1.807) is 37.3 Å². The Morgan fingerprint density at radius 2 is 1.58 bits per heavy atom. The molecule has 2 amide bonds. The molecule has 6 nitrogen and oxygen atoms in total. The smallest absolute Gasteiger partial charge is 0.264 e. The third-order valence-electron chi connectivity index (χ3n) is 9.16. The molecule has 7 heteroatoms. The van der Waals surface area contributed by atoms with Crippen molar-refractivity contribution in [3.05, 3.63) is 81.7 Å². The number of anilines is 1. The van der Waals surface area contributed by atoms with Crippen molar-refractivity contribution in [2.24, 2.45) is 0 Å². The van der Waals surface area contributed by atoms with E-state index in [0.29, 0.717) is 12.6 Å². The second kappa shape index (κ2) is 12.9. The lowest BCUT2D eigenvalue weighted by Crippen LogP contribution is -2.44. The predicted octanol–water partition coefficient (Wildman–Crippen LogP) is 7.66. The van der Waals surface area contributed by atoms with E-state index in [1.165, 1.54) is 21.2 Å². The molecular formula is C36H43N3O3S. The zero-order chi connectivity index (χ0) is 30.8. The van der Waals surface area contributed by atoms with E-state index in [0.717, 1.165) is 64.3 Å². The number of methoxy groups -OCH3 is 1. The number of nitrogens with one attached hydrogen (secondary N) is 1. The summed E-state index contributed by atoms with van der Waals surface area (Å²) in [6.07, 6.45) is 4.03. The number of benzene rings is 3. The highest BCUT2D eigenvalue weighted by molar-refractivity contribution is 7.21. The molecule has 4 aromatic rings. The maximum Gasteiger partial charge on any atom is 0.264 e. The third-order valence-corrected chi connectivity index (χ3v) is 10.6. The zero-order valence-corrected chi connectivity index (χ0v) is 27.2. The van der Waals surface area contributed by atoms with Gasteiger partial charge in [-0.1, -0.05) is 30.3 Å². The van der Waals surface area contributed by atoms with Gasteiger partial charge in [-0.15, -0.1) is 11.3 Å². The van der Waals surface area contributed by atoms with Gasteiger partial charge in [-0.25, -0.2) is 0 Å². The largest absolute Gasteiger partial charge is 0.496 e. The molecule has 0 unspecified atom stereocenters.